The summed E-state index contributed by atoms with van der Waals surface area (Å²) in [5.74, 6) is 0.891. The van der Waals surface area contributed by atoms with Gasteiger partial charge in [-0.1, -0.05) is 78.9 Å². The summed E-state index contributed by atoms with van der Waals surface area (Å²) in [6.07, 6.45) is 2.27. The summed E-state index contributed by atoms with van der Waals surface area (Å²) in [5, 5.41) is 10.6. The van der Waals surface area contributed by atoms with Gasteiger partial charge >= 0.3 is 0 Å². The molecule has 0 unspecified atom stereocenters. The number of benzene rings is 4. The largest absolute Gasteiger partial charge is 0.508 e. The van der Waals surface area contributed by atoms with E-state index in [1.807, 2.05) is 47.4 Å². The fourth-order valence-electron chi connectivity index (χ4n) is 5.38. The number of fused-ring (bicyclic) bond motifs is 1. The number of aromatic nitrogens is 1. The van der Waals surface area contributed by atoms with Crippen LogP contribution in [0.15, 0.2) is 115 Å². The Balaban J connectivity index is 1.20. The second-order valence-electron chi connectivity index (χ2n) is 10.2. The lowest BCUT2D eigenvalue weighted by Crippen LogP contribution is -2.38. The Labute approximate surface area is 228 Å². The number of hydrogen-bond donors (Lipinski definition) is 1. The minimum Gasteiger partial charge on any atom is -0.508 e. The zero-order chi connectivity index (χ0) is 26.6. The summed E-state index contributed by atoms with van der Waals surface area (Å²) in [6.45, 7) is 0.497. The third kappa shape index (κ3) is 5.78. The molecular weight excluding hydrogens is 484 g/mol. The highest BCUT2D eigenvalue weighted by Crippen LogP contribution is 2.28. The molecule has 194 valence electrons. The minimum absolute atomic E-state index is 0.000399. The standard InChI is InChI=1S/C34H30N2O3/c37-29-14-18-32-27(21-29)13-17-33(35-32)34(38)36-23-31(22-28(36)20-25-9-5-2-6-10-25)39-30-15-11-26(12-16-30)19-24-7-3-1-4-8-24/h1-18,21,28,31,37H,19-20,22-23H2/t28-,31+/m1/s1. The maximum absolute atomic E-state index is 13.7. The van der Waals surface area contributed by atoms with E-state index < -0.39 is 0 Å². The van der Waals surface area contributed by atoms with Gasteiger partial charge in [-0.3, -0.25) is 4.79 Å². The Bertz CT molecular complexity index is 1570. The van der Waals surface area contributed by atoms with Gasteiger partial charge in [0.25, 0.3) is 5.91 Å². The van der Waals surface area contributed by atoms with Crippen LogP contribution in [0, 0.1) is 0 Å². The molecule has 0 bridgehead atoms. The number of nitrogens with zero attached hydrogens (tertiary/aromatic N) is 2. The Kier molecular flexibility index (Phi) is 6.96. The fourth-order valence-corrected chi connectivity index (χ4v) is 5.38. The number of carbonyl (C=O) groups is 1. The second-order valence-corrected chi connectivity index (χ2v) is 10.2. The average molecular weight is 515 g/mol. The van der Waals surface area contributed by atoms with Gasteiger partial charge in [0.05, 0.1) is 12.1 Å². The first-order valence-electron chi connectivity index (χ1n) is 13.3. The van der Waals surface area contributed by atoms with E-state index in [0.717, 1.165) is 30.4 Å². The molecule has 4 aromatic carbocycles. The number of amides is 1. The second kappa shape index (κ2) is 11.0. The number of phenolic OH excluding ortho intramolecular Hbond substituents is 1. The van der Waals surface area contributed by atoms with Crippen molar-refractivity contribution in [2.24, 2.45) is 0 Å². The van der Waals surface area contributed by atoms with Crippen molar-refractivity contribution in [3.63, 3.8) is 0 Å². The van der Waals surface area contributed by atoms with E-state index in [0.29, 0.717) is 17.8 Å². The molecule has 6 rings (SSSR count). The van der Waals surface area contributed by atoms with Crippen LogP contribution in [-0.4, -0.2) is 39.6 Å². The van der Waals surface area contributed by atoms with Crippen LogP contribution >= 0.6 is 0 Å². The van der Waals surface area contributed by atoms with Crippen LogP contribution in [0.2, 0.25) is 0 Å². The molecule has 1 amide bonds. The molecular formula is C34H30N2O3. The highest BCUT2D eigenvalue weighted by Gasteiger charge is 2.37. The van der Waals surface area contributed by atoms with Crippen LogP contribution in [0.1, 0.15) is 33.6 Å². The number of phenols is 1. The molecule has 1 aliphatic heterocycles. The fraction of sp³-hybridized carbons (Fsp3) is 0.176. The van der Waals surface area contributed by atoms with Gasteiger partial charge in [0.15, 0.2) is 0 Å². The summed E-state index contributed by atoms with van der Waals surface area (Å²) < 4.78 is 6.41. The summed E-state index contributed by atoms with van der Waals surface area (Å²) in [4.78, 5) is 20.3. The van der Waals surface area contributed by atoms with Crippen molar-refractivity contribution in [3.8, 4) is 11.5 Å². The van der Waals surface area contributed by atoms with Crippen molar-refractivity contribution < 1.29 is 14.6 Å². The number of pyridine rings is 1. The zero-order valence-electron chi connectivity index (χ0n) is 21.6. The molecule has 1 N–H and O–H groups in total. The molecule has 0 spiro atoms. The molecule has 5 aromatic rings. The predicted molar refractivity (Wildman–Crippen MR) is 153 cm³/mol. The molecule has 5 nitrogen and oxygen atoms in total. The van der Waals surface area contributed by atoms with Crippen molar-refractivity contribution in [2.45, 2.75) is 31.4 Å². The molecule has 0 saturated carbocycles. The maximum atomic E-state index is 13.7. The quantitative estimate of drug-likeness (QED) is 0.272. The Hall–Kier alpha value is -4.64. The van der Waals surface area contributed by atoms with Gasteiger partial charge in [-0.2, -0.15) is 0 Å². The van der Waals surface area contributed by atoms with Crippen molar-refractivity contribution >= 4 is 16.8 Å². The van der Waals surface area contributed by atoms with E-state index in [9.17, 15) is 9.90 Å². The number of hydrogen-bond acceptors (Lipinski definition) is 4. The van der Waals surface area contributed by atoms with Crippen LogP contribution in [0.5, 0.6) is 11.5 Å². The highest BCUT2D eigenvalue weighted by atomic mass is 16.5. The smallest absolute Gasteiger partial charge is 0.272 e. The molecule has 1 aromatic heterocycles. The number of aromatic hydroxyl groups is 1. The predicted octanol–water partition coefficient (Wildman–Crippen LogP) is 6.44. The first-order valence-corrected chi connectivity index (χ1v) is 13.3. The van der Waals surface area contributed by atoms with Gasteiger partial charge in [-0.15, -0.1) is 0 Å². The van der Waals surface area contributed by atoms with Gasteiger partial charge in [-0.25, -0.2) is 4.98 Å². The van der Waals surface area contributed by atoms with E-state index in [-0.39, 0.29) is 23.8 Å². The first-order chi connectivity index (χ1) is 19.1. The molecule has 1 aliphatic rings. The van der Waals surface area contributed by atoms with E-state index in [1.165, 1.54) is 16.7 Å². The molecule has 2 heterocycles. The van der Waals surface area contributed by atoms with Crippen molar-refractivity contribution in [3.05, 3.63) is 138 Å². The molecule has 0 radical (unpaired) electrons. The minimum atomic E-state index is -0.111. The number of carbonyl (C=O) groups excluding carboxylic acids is 1. The SMILES string of the molecule is O=C(c1ccc2cc(O)ccc2n1)N1C[C@@H](Oc2ccc(Cc3ccccc3)cc2)C[C@H]1Cc1ccccc1. The van der Waals surface area contributed by atoms with Gasteiger partial charge in [-0.05, 0) is 65.9 Å². The average Bonchev–Trinajstić information content (AvgIpc) is 3.36. The first kappa shape index (κ1) is 24.7. The molecule has 1 saturated heterocycles. The summed E-state index contributed by atoms with van der Waals surface area (Å²) in [6, 6.07) is 37.5. The zero-order valence-corrected chi connectivity index (χ0v) is 21.6. The third-order valence-corrected chi connectivity index (χ3v) is 7.32. The normalized spacial score (nSPS) is 16.9. The lowest BCUT2D eigenvalue weighted by molar-refractivity contribution is 0.0716. The van der Waals surface area contributed by atoms with E-state index in [2.05, 4.69) is 53.5 Å². The number of rotatable bonds is 7. The molecule has 39 heavy (non-hydrogen) atoms. The van der Waals surface area contributed by atoms with Gasteiger partial charge < -0.3 is 14.7 Å². The van der Waals surface area contributed by atoms with Crippen LogP contribution in [0.4, 0.5) is 0 Å². The van der Waals surface area contributed by atoms with E-state index in [1.54, 1.807) is 24.3 Å². The topological polar surface area (TPSA) is 62.7 Å². The van der Waals surface area contributed by atoms with E-state index in [4.69, 9.17) is 4.74 Å². The lowest BCUT2D eigenvalue weighted by Gasteiger charge is -2.24. The summed E-state index contributed by atoms with van der Waals surface area (Å²) >= 11 is 0. The van der Waals surface area contributed by atoms with Crippen LogP contribution in [0.25, 0.3) is 10.9 Å². The molecule has 1 fully saturated rings. The summed E-state index contributed by atoms with van der Waals surface area (Å²) in [5.41, 5.74) is 4.78. The van der Waals surface area contributed by atoms with Gasteiger partial charge in [0, 0.05) is 17.8 Å². The maximum Gasteiger partial charge on any atom is 0.272 e. The number of ether oxygens (including phenoxy) is 1. The van der Waals surface area contributed by atoms with Crippen LogP contribution in [-0.2, 0) is 12.8 Å². The van der Waals surface area contributed by atoms with Crippen LogP contribution in [0.3, 0.4) is 0 Å². The molecule has 5 heteroatoms. The van der Waals surface area contributed by atoms with Crippen molar-refractivity contribution in [1.82, 2.24) is 9.88 Å². The lowest BCUT2D eigenvalue weighted by atomic mass is 10.0. The van der Waals surface area contributed by atoms with E-state index >= 15 is 0 Å². The molecule has 2 atom stereocenters. The van der Waals surface area contributed by atoms with Gasteiger partial charge in [0.1, 0.15) is 23.3 Å². The Morgan fingerprint density at radius 3 is 2.26 bits per heavy atom. The monoisotopic (exact) mass is 514 g/mol. The van der Waals surface area contributed by atoms with Crippen LogP contribution < -0.4 is 4.74 Å². The summed E-state index contributed by atoms with van der Waals surface area (Å²) in [7, 11) is 0. The number of likely N-dealkylation sites (tertiary alicyclic amines) is 1. The van der Waals surface area contributed by atoms with Crippen molar-refractivity contribution in [1.29, 1.82) is 0 Å². The van der Waals surface area contributed by atoms with Crippen molar-refractivity contribution in [2.75, 3.05) is 6.54 Å². The Morgan fingerprint density at radius 2 is 1.51 bits per heavy atom. The molecule has 0 aliphatic carbocycles. The van der Waals surface area contributed by atoms with Gasteiger partial charge in [0.2, 0.25) is 0 Å². The highest BCUT2D eigenvalue weighted by molar-refractivity contribution is 5.95. The third-order valence-electron chi connectivity index (χ3n) is 7.32. The Morgan fingerprint density at radius 1 is 0.821 bits per heavy atom.